The largest absolute Gasteiger partial charge is 0.353 e. The van der Waals surface area contributed by atoms with Gasteiger partial charge in [-0.25, -0.2) is 0 Å². The number of halogens is 2. The standard InChI is InChI=1S/C12H23F2OP/c1-5-7-9-16(15-8-6-2)12(13,14)10-11(3)4/h3,5-10H2,1-2,4H3. The lowest BCUT2D eigenvalue weighted by atomic mass is 10.2. The summed E-state index contributed by atoms with van der Waals surface area (Å²) >= 11 is 0. The van der Waals surface area contributed by atoms with Crippen LogP contribution in [0.25, 0.3) is 0 Å². The molecule has 1 nitrogen and oxygen atoms in total. The highest BCUT2D eigenvalue weighted by molar-refractivity contribution is 7.53. The fourth-order valence-corrected chi connectivity index (χ4v) is 3.37. The summed E-state index contributed by atoms with van der Waals surface area (Å²) in [4.78, 5) is 0. The number of allylic oxidation sites excluding steroid dienone is 1. The molecule has 0 aromatic carbocycles. The van der Waals surface area contributed by atoms with Crippen LogP contribution in [0.15, 0.2) is 12.2 Å². The smallest absolute Gasteiger partial charge is 0.292 e. The van der Waals surface area contributed by atoms with Crippen LogP contribution in [-0.4, -0.2) is 18.4 Å². The van der Waals surface area contributed by atoms with Gasteiger partial charge in [0.2, 0.25) is 0 Å². The van der Waals surface area contributed by atoms with Crippen LogP contribution in [0.2, 0.25) is 0 Å². The van der Waals surface area contributed by atoms with Gasteiger partial charge in [0.1, 0.15) is 8.15 Å². The number of rotatable bonds is 9. The van der Waals surface area contributed by atoms with Gasteiger partial charge >= 0.3 is 0 Å². The highest BCUT2D eigenvalue weighted by Crippen LogP contribution is 2.56. The van der Waals surface area contributed by atoms with Crippen molar-refractivity contribution in [2.24, 2.45) is 0 Å². The molecular formula is C12H23F2OP. The molecule has 0 saturated carbocycles. The minimum atomic E-state index is -2.72. The zero-order valence-corrected chi connectivity index (χ0v) is 11.5. The Morgan fingerprint density at radius 3 is 2.38 bits per heavy atom. The van der Waals surface area contributed by atoms with Crippen molar-refractivity contribution in [1.29, 1.82) is 0 Å². The molecule has 0 aliphatic rings. The lowest BCUT2D eigenvalue weighted by Gasteiger charge is -2.26. The van der Waals surface area contributed by atoms with E-state index in [-0.39, 0.29) is 6.42 Å². The third kappa shape index (κ3) is 6.55. The van der Waals surface area contributed by atoms with Gasteiger partial charge in [-0.05, 0) is 25.9 Å². The monoisotopic (exact) mass is 252 g/mol. The van der Waals surface area contributed by atoms with Crippen LogP contribution in [-0.2, 0) is 4.52 Å². The molecule has 0 radical (unpaired) electrons. The van der Waals surface area contributed by atoms with Gasteiger partial charge in [0, 0.05) is 6.42 Å². The van der Waals surface area contributed by atoms with E-state index in [0.717, 1.165) is 19.3 Å². The van der Waals surface area contributed by atoms with Crippen molar-refractivity contribution in [2.45, 2.75) is 52.1 Å². The molecule has 0 fully saturated rings. The summed E-state index contributed by atoms with van der Waals surface area (Å²) < 4.78 is 33.0. The summed E-state index contributed by atoms with van der Waals surface area (Å²) in [6.07, 6.45) is 2.77. The van der Waals surface area contributed by atoms with Crippen LogP contribution < -0.4 is 0 Å². The second kappa shape index (κ2) is 8.14. The van der Waals surface area contributed by atoms with Gasteiger partial charge in [-0.2, -0.15) is 8.78 Å². The van der Waals surface area contributed by atoms with Crippen molar-refractivity contribution in [3.8, 4) is 0 Å². The Bertz CT molecular complexity index is 199. The summed E-state index contributed by atoms with van der Waals surface area (Å²) in [6, 6.07) is 0. The quantitative estimate of drug-likeness (QED) is 0.406. The molecule has 0 aromatic heterocycles. The van der Waals surface area contributed by atoms with E-state index in [2.05, 4.69) is 6.58 Å². The van der Waals surface area contributed by atoms with Crippen molar-refractivity contribution in [3.63, 3.8) is 0 Å². The molecular weight excluding hydrogens is 229 g/mol. The van der Waals surface area contributed by atoms with Crippen LogP contribution in [0.4, 0.5) is 8.78 Å². The lowest BCUT2D eigenvalue weighted by molar-refractivity contribution is 0.0822. The summed E-state index contributed by atoms with van der Waals surface area (Å²) in [5, 5.41) is 0. The molecule has 0 aliphatic carbocycles. The van der Waals surface area contributed by atoms with E-state index in [1.165, 1.54) is 0 Å². The second-order valence-corrected chi connectivity index (χ2v) is 6.21. The fraction of sp³-hybridized carbons (Fsp3) is 0.833. The van der Waals surface area contributed by atoms with E-state index in [4.69, 9.17) is 4.52 Å². The van der Waals surface area contributed by atoms with Gasteiger partial charge in [-0.3, -0.25) is 0 Å². The SMILES string of the molecule is C=C(C)CC(F)(F)P(CCCC)OCCC. The van der Waals surface area contributed by atoms with Crippen LogP contribution in [0, 0.1) is 0 Å². The van der Waals surface area contributed by atoms with Crippen molar-refractivity contribution >= 4 is 8.15 Å². The molecule has 0 bridgehead atoms. The molecule has 0 aromatic rings. The number of alkyl halides is 2. The van der Waals surface area contributed by atoms with Gasteiger partial charge in [0.25, 0.3) is 5.66 Å². The van der Waals surface area contributed by atoms with Gasteiger partial charge in [-0.1, -0.05) is 32.4 Å². The number of hydrogen-bond donors (Lipinski definition) is 0. The molecule has 16 heavy (non-hydrogen) atoms. The van der Waals surface area contributed by atoms with Crippen LogP contribution >= 0.6 is 8.15 Å². The Balaban J connectivity index is 4.37. The Hall–Kier alpha value is -0.0100. The van der Waals surface area contributed by atoms with Crippen LogP contribution in [0.3, 0.4) is 0 Å². The molecule has 0 aliphatic heterocycles. The Labute approximate surface area is 99.1 Å². The van der Waals surface area contributed by atoms with Crippen molar-refractivity contribution in [2.75, 3.05) is 12.8 Å². The highest BCUT2D eigenvalue weighted by Gasteiger charge is 2.39. The normalized spacial score (nSPS) is 13.8. The fourth-order valence-electron chi connectivity index (χ4n) is 1.28. The van der Waals surface area contributed by atoms with E-state index in [1.807, 2.05) is 13.8 Å². The van der Waals surface area contributed by atoms with Gasteiger partial charge in [0.05, 0.1) is 6.61 Å². The Kier molecular flexibility index (Phi) is 8.13. The maximum absolute atomic E-state index is 13.8. The average molecular weight is 252 g/mol. The first-order valence-corrected chi connectivity index (χ1v) is 7.31. The first kappa shape index (κ1) is 16.0. The third-order valence-corrected chi connectivity index (χ3v) is 4.15. The predicted molar refractivity (Wildman–Crippen MR) is 67.3 cm³/mol. The van der Waals surface area contributed by atoms with E-state index in [9.17, 15) is 8.78 Å². The van der Waals surface area contributed by atoms with Gasteiger partial charge < -0.3 is 4.52 Å². The van der Waals surface area contributed by atoms with Crippen molar-refractivity contribution in [3.05, 3.63) is 12.2 Å². The summed E-state index contributed by atoms with van der Waals surface area (Å²) in [7, 11) is -1.64. The molecule has 4 heteroatoms. The third-order valence-electron chi connectivity index (χ3n) is 2.05. The molecule has 1 unspecified atom stereocenters. The number of unbranched alkanes of at least 4 members (excludes halogenated alkanes) is 1. The van der Waals surface area contributed by atoms with Crippen LogP contribution in [0.5, 0.6) is 0 Å². The lowest BCUT2D eigenvalue weighted by Crippen LogP contribution is -2.17. The van der Waals surface area contributed by atoms with Crippen molar-refractivity contribution in [1.82, 2.24) is 0 Å². The molecule has 0 N–H and O–H groups in total. The van der Waals surface area contributed by atoms with E-state index in [1.54, 1.807) is 6.92 Å². The van der Waals surface area contributed by atoms with E-state index >= 15 is 0 Å². The zero-order valence-electron chi connectivity index (χ0n) is 10.6. The van der Waals surface area contributed by atoms with Crippen molar-refractivity contribution < 1.29 is 13.3 Å². The first-order chi connectivity index (χ1) is 7.44. The summed E-state index contributed by atoms with van der Waals surface area (Å²) in [5.74, 6) is 0. The average Bonchev–Trinajstić information content (AvgIpc) is 2.15. The minimum absolute atomic E-state index is 0.244. The molecule has 1 atom stereocenters. The summed E-state index contributed by atoms with van der Waals surface area (Å²) in [6.45, 7) is 9.57. The Morgan fingerprint density at radius 1 is 1.31 bits per heavy atom. The maximum Gasteiger partial charge on any atom is 0.292 e. The number of hydrogen-bond acceptors (Lipinski definition) is 1. The topological polar surface area (TPSA) is 9.23 Å². The molecule has 96 valence electrons. The predicted octanol–water partition coefficient (Wildman–Crippen LogP) is 5.17. The van der Waals surface area contributed by atoms with Gasteiger partial charge in [-0.15, -0.1) is 0 Å². The van der Waals surface area contributed by atoms with E-state index in [0.29, 0.717) is 18.3 Å². The molecule has 0 saturated heterocycles. The second-order valence-electron chi connectivity index (χ2n) is 4.09. The first-order valence-electron chi connectivity index (χ1n) is 5.86. The van der Waals surface area contributed by atoms with E-state index < -0.39 is 13.8 Å². The molecule has 0 spiro atoms. The van der Waals surface area contributed by atoms with Gasteiger partial charge in [0.15, 0.2) is 0 Å². The molecule has 0 amide bonds. The highest BCUT2D eigenvalue weighted by atomic mass is 31.1. The maximum atomic E-state index is 13.8. The Morgan fingerprint density at radius 2 is 1.94 bits per heavy atom. The summed E-state index contributed by atoms with van der Waals surface area (Å²) in [5.41, 5.74) is -2.19. The molecule has 0 heterocycles. The molecule has 0 rings (SSSR count). The zero-order chi connectivity index (χ0) is 12.6. The minimum Gasteiger partial charge on any atom is -0.353 e. The van der Waals surface area contributed by atoms with Crippen LogP contribution in [0.1, 0.15) is 46.5 Å².